The van der Waals surface area contributed by atoms with Crippen LogP contribution in [0.4, 0.5) is 4.79 Å². The van der Waals surface area contributed by atoms with Crippen LogP contribution in [0.2, 0.25) is 0 Å². The fraction of sp³-hybridized carbons (Fsp3) is 0.471. The van der Waals surface area contributed by atoms with Gasteiger partial charge in [0.05, 0.1) is 11.8 Å². The summed E-state index contributed by atoms with van der Waals surface area (Å²) in [6.45, 7) is 1.14. The highest BCUT2D eigenvalue weighted by Crippen LogP contribution is 2.30. The molecule has 1 atom stereocenters. The molecule has 0 bridgehead atoms. The molecule has 1 aliphatic heterocycles. The number of imide groups is 1. The zero-order chi connectivity index (χ0) is 18.1. The van der Waals surface area contributed by atoms with E-state index in [4.69, 9.17) is 0 Å². The Labute approximate surface area is 145 Å². The van der Waals surface area contributed by atoms with Crippen molar-refractivity contribution in [3.05, 3.63) is 30.1 Å². The number of pyridine rings is 1. The molecule has 25 heavy (non-hydrogen) atoms. The molecular weight excluding hydrogens is 322 g/mol. The van der Waals surface area contributed by atoms with Crippen molar-refractivity contribution >= 4 is 17.8 Å². The van der Waals surface area contributed by atoms with Gasteiger partial charge in [-0.15, -0.1) is 0 Å². The quantitative estimate of drug-likeness (QED) is 0.786. The van der Waals surface area contributed by atoms with Crippen LogP contribution in [0.15, 0.2) is 24.4 Å². The molecule has 2 N–H and O–H groups in total. The molecule has 1 aliphatic carbocycles. The van der Waals surface area contributed by atoms with Crippen molar-refractivity contribution in [2.75, 3.05) is 6.54 Å². The van der Waals surface area contributed by atoms with Crippen LogP contribution in [0, 0.1) is 11.3 Å². The van der Waals surface area contributed by atoms with E-state index in [1.165, 1.54) is 6.20 Å². The maximum absolute atomic E-state index is 12.7. The Kier molecular flexibility index (Phi) is 4.17. The van der Waals surface area contributed by atoms with Gasteiger partial charge < -0.3 is 10.6 Å². The third-order valence-electron chi connectivity index (χ3n) is 4.80. The SMILES string of the molecule is C[C@]1(c2ccccn2)NC(=O)N(CC(=O)NC2(C#N)CCCC2)C1=O. The normalized spacial score (nSPS) is 24.7. The monoisotopic (exact) mass is 341 g/mol. The van der Waals surface area contributed by atoms with Gasteiger partial charge >= 0.3 is 6.03 Å². The molecule has 8 heteroatoms. The second-order valence-electron chi connectivity index (χ2n) is 6.61. The summed E-state index contributed by atoms with van der Waals surface area (Å²) in [5.41, 5.74) is -1.79. The number of hydrogen-bond acceptors (Lipinski definition) is 5. The lowest BCUT2D eigenvalue weighted by Gasteiger charge is -2.24. The standard InChI is InChI=1S/C17H19N5O3/c1-16(12-6-2-5-9-19-12)14(24)22(15(25)21-16)10-13(23)20-17(11-18)7-3-4-8-17/h2,5-6,9H,3-4,7-8,10H2,1H3,(H,20,23)(H,21,25)/t16-/m1/s1. The Balaban J connectivity index is 1.73. The van der Waals surface area contributed by atoms with Crippen molar-refractivity contribution in [3.63, 3.8) is 0 Å². The lowest BCUT2D eigenvalue weighted by atomic mass is 9.97. The second-order valence-corrected chi connectivity index (χ2v) is 6.61. The van der Waals surface area contributed by atoms with Crippen LogP contribution in [-0.4, -0.2) is 39.8 Å². The topological polar surface area (TPSA) is 115 Å². The molecule has 130 valence electrons. The molecule has 8 nitrogen and oxygen atoms in total. The maximum atomic E-state index is 12.7. The number of urea groups is 1. The predicted molar refractivity (Wildman–Crippen MR) is 86.8 cm³/mol. The van der Waals surface area contributed by atoms with Crippen LogP contribution < -0.4 is 10.6 Å². The zero-order valence-corrected chi connectivity index (χ0v) is 13.9. The molecule has 0 radical (unpaired) electrons. The maximum Gasteiger partial charge on any atom is 0.325 e. The smallest absolute Gasteiger partial charge is 0.325 e. The summed E-state index contributed by atoms with van der Waals surface area (Å²) in [5.74, 6) is -1.05. The van der Waals surface area contributed by atoms with Gasteiger partial charge in [-0.05, 0) is 44.7 Å². The predicted octanol–water partition coefficient (Wildman–Crippen LogP) is 0.801. The van der Waals surface area contributed by atoms with E-state index < -0.39 is 35.5 Å². The van der Waals surface area contributed by atoms with Crippen molar-refractivity contribution < 1.29 is 14.4 Å². The Morgan fingerprint density at radius 3 is 2.72 bits per heavy atom. The Hall–Kier alpha value is -2.95. The number of carbonyl (C=O) groups is 3. The summed E-state index contributed by atoms with van der Waals surface area (Å²) in [6, 6.07) is 6.58. The van der Waals surface area contributed by atoms with Crippen LogP contribution in [0.5, 0.6) is 0 Å². The second kappa shape index (κ2) is 6.16. The van der Waals surface area contributed by atoms with Gasteiger partial charge in [0, 0.05) is 6.20 Å². The number of carbonyl (C=O) groups excluding carboxylic acids is 3. The van der Waals surface area contributed by atoms with Gasteiger partial charge in [0.1, 0.15) is 12.1 Å². The highest BCUT2D eigenvalue weighted by molar-refractivity contribution is 6.09. The first-order valence-corrected chi connectivity index (χ1v) is 8.18. The Bertz CT molecular complexity index is 751. The number of rotatable bonds is 4. The first kappa shape index (κ1) is 16.9. The van der Waals surface area contributed by atoms with E-state index in [1.807, 2.05) is 0 Å². The van der Waals surface area contributed by atoms with E-state index in [2.05, 4.69) is 21.7 Å². The minimum atomic E-state index is -1.31. The summed E-state index contributed by atoms with van der Waals surface area (Å²) in [4.78, 5) is 42.2. The zero-order valence-electron chi connectivity index (χ0n) is 13.9. The van der Waals surface area contributed by atoms with E-state index in [-0.39, 0.29) is 0 Å². The molecule has 3 rings (SSSR count). The van der Waals surface area contributed by atoms with Crippen molar-refractivity contribution in [2.45, 2.75) is 43.7 Å². The van der Waals surface area contributed by atoms with Gasteiger partial charge in [0.25, 0.3) is 5.91 Å². The molecule has 2 aliphatic rings. The van der Waals surface area contributed by atoms with Crippen LogP contribution in [0.1, 0.15) is 38.3 Å². The highest BCUT2D eigenvalue weighted by atomic mass is 16.2. The lowest BCUT2D eigenvalue weighted by Crippen LogP contribution is -2.50. The summed E-state index contributed by atoms with van der Waals surface area (Å²) in [7, 11) is 0. The van der Waals surface area contributed by atoms with E-state index in [0.717, 1.165) is 17.7 Å². The summed E-state index contributed by atoms with van der Waals surface area (Å²) < 4.78 is 0. The van der Waals surface area contributed by atoms with Crippen molar-refractivity contribution in [1.29, 1.82) is 5.26 Å². The van der Waals surface area contributed by atoms with Gasteiger partial charge in [-0.1, -0.05) is 6.07 Å². The van der Waals surface area contributed by atoms with E-state index in [1.54, 1.807) is 25.1 Å². The molecule has 2 fully saturated rings. The third kappa shape index (κ3) is 2.93. The molecule has 1 aromatic heterocycles. The van der Waals surface area contributed by atoms with Crippen LogP contribution in [0.25, 0.3) is 0 Å². The number of nitriles is 1. The summed E-state index contributed by atoms with van der Waals surface area (Å²) in [6.07, 6.45) is 4.44. The van der Waals surface area contributed by atoms with Gasteiger partial charge in [-0.2, -0.15) is 5.26 Å². The van der Waals surface area contributed by atoms with Gasteiger partial charge in [-0.3, -0.25) is 19.5 Å². The minimum absolute atomic E-state index is 0.403. The number of hydrogen-bond donors (Lipinski definition) is 2. The number of aromatic nitrogens is 1. The molecule has 1 saturated carbocycles. The van der Waals surface area contributed by atoms with Gasteiger partial charge in [-0.25, -0.2) is 4.79 Å². The highest BCUT2D eigenvalue weighted by Gasteiger charge is 2.50. The molecule has 0 aromatic carbocycles. The summed E-state index contributed by atoms with van der Waals surface area (Å²) in [5, 5.41) is 14.6. The molecule has 1 aromatic rings. The largest absolute Gasteiger partial charge is 0.336 e. The number of nitrogens with zero attached hydrogens (tertiary/aromatic N) is 3. The lowest BCUT2D eigenvalue weighted by molar-refractivity contribution is -0.135. The van der Waals surface area contributed by atoms with Crippen LogP contribution in [-0.2, 0) is 15.1 Å². The van der Waals surface area contributed by atoms with Gasteiger partial charge in [0.2, 0.25) is 5.91 Å². The summed E-state index contributed by atoms with van der Waals surface area (Å²) >= 11 is 0. The average Bonchev–Trinajstić information content (AvgIpc) is 3.15. The first-order chi connectivity index (χ1) is 11.9. The number of amides is 4. The van der Waals surface area contributed by atoms with E-state index >= 15 is 0 Å². The molecular formula is C17H19N5O3. The minimum Gasteiger partial charge on any atom is -0.336 e. The van der Waals surface area contributed by atoms with Gasteiger partial charge in [0.15, 0.2) is 5.54 Å². The number of nitrogens with one attached hydrogen (secondary N) is 2. The average molecular weight is 341 g/mol. The van der Waals surface area contributed by atoms with Crippen molar-refractivity contribution in [1.82, 2.24) is 20.5 Å². The molecule has 2 heterocycles. The fourth-order valence-electron chi connectivity index (χ4n) is 3.37. The Morgan fingerprint density at radius 2 is 2.12 bits per heavy atom. The molecule has 4 amide bonds. The van der Waals surface area contributed by atoms with Crippen LogP contribution in [0.3, 0.4) is 0 Å². The fourth-order valence-corrected chi connectivity index (χ4v) is 3.37. The third-order valence-corrected chi connectivity index (χ3v) is 4.80. The van der Waals surface area contributed by atoms with Crippen molar-refractivity contribution in [2.24, 2.45) is 0 Å². The van der Waals surface area contributed by atoms with E-state index in [9.17, 15) is 19.6 Å². The Morgan fingerprint density at radius 1 is 1.40 bits per heavy atom. The molecule has 0 spiro atoms. The molecule has 0 unspecified atom stereocenters. The van der Waals surface area contributed by atoms with Crippen LogP contribution >= 0.6 is 0 Å². The molecule has 1 saturated heterocycles. The van der Waals surface area contributed by atoms with Crippen molar-refractivity contribution in [3.8, 4) is 6.07 Å². The van der Waals surface area contributed by atoms with E-state index in [0.29, 0.717) is 18.5 Å². The first-order valence-electron chi connectivity index (χ1n) is 8.18.